The Bertz CT molecular complexity index is 1820. The second kappa shape index (κ2) is 13.0. The Hall–Kier alpha value is -3.93. The first kappa shape index (κ1) is 30.1. The quantitative estimate of drug-likeness (QED) is 0.139. The van der Waals surface area contributed by atoms with Crippen molar-refractivity contribution in [3.63, 3.8) is 0 Å². The van der Waals surface area contributed by atoms with Gasteiger partial charge in [0, 0.05) is 61.1 Å². The Morgan fingerprint density at radius 1 is 1.18 bits per heavy atom. The third-order valence-corrected chi connectivity index (χ3v) is 9.06. The number of aromatic amines is 2. The minimum Gasteiger partial charge on any atom is -0.494 e. The summed E-state index contributed by atoms with van der Waals surface area (Å²) < 4.78 is 7.83. The fourth-order valence-electron chi connectivity index (χ4n) is 6.06. The Labute approximate surface area is 260 Å². The van der Waals surface area contributed by atoms with E-state index in [0.717, 1.165) is 71.4 Å². The summed E-state index contributed by atoms with van der Waals surface area (Å²) in [6.07, 6.45) is 6.93. The molecule has 0 bridgehead atoms. The predicted molar refractivity (Wildman–Crippen MR) is 178 cm³/mol. The van der Waals surface area contributed by atoms with Crippen LogP contribution in [0.4, 0.5) is 5.69 Å². The van der Waals surface area contributed by atoms with Gasteiger partial charge in [0.1, 0.15) is 29.8 Å². The Balaban J connectivity index is 1.18. The van der Waals surface area contributed by atoms with E-state index < -0.39 is 6.10 Å². The van der Waals surface area contributed by atoms with E-state index in [1.54, 1.807) is 12.3 Å². The number of nitrogens with one attached hydrogen (secondary N) is 3. The van der Waals surface area contributed by atoms with E-state index in [9.17, 15) is 15.0 Å². The van der Waals surface area contributed by atoms with Crippen LogP contribution in [0.2, 0.25) is 0 Å². The van der Waals surface area contributed by atoms with Crippen molar-refractivity contribution in [2.75, 3.05) is 50.1 Å². The van der Waals surface area contributed by atoms with E-state index in [-0.39, 0.29) is 30.6 Å². The minimum atomic E-state index is -0.805. The highest BCUT2D eigenvalue weighted by Gasteiger charge is 2.24. The molecule has 3 aromatic heterocycles. The number of fused-ring (bicyclic) bond motifs is 2. The van der Waals surface area contributed by atoms with Crippen LogP contribution < -0.4 is 15.6 Å². The third-order valence-electron chi connectivity index (χ3n) is 8.47. The van der Waals surface area contributed by atoms with E-state index >= 15 is 0 Å². The van der Waals surface area contributed by atoms with Crippen LogP contribution in [-0.2, 0) is 0 Å². The zero-order valence-corrected chi connectivity index (χ0v) is 26.2. The molecule has 0 saturated carbocycles. The lowest BCUT2D eigenvalue weighted by atomic mass is 10.1. The molecule has 4 heterocycles. The number of aromatic hydroxyl groups is 1. The van der Waals surface area contributed by atoms with Crippen molar-refractivity contribution in [1.29, 1.82) is 0 Å². The molecule has 44 heavy (non-hydrogen) atoms. The van der Waals surface area contributed by atoms with Crippen LogP contribution >= 0.6 is 11.8 Å². The maximum absolute atomic E-state index is 13.0. The SMILES string of the molecule is CSCCN1CCC(n2cc3cc4[nH]c(-c5c(NC[C@@H](O)COc6ccc(C)cc6C)cc[nH]c5=O)nc4cc3c2O)CC1. The van der Waals surface area contributed by atoms with E-state index in [1.165, 1.54) is 0 Å². The number of likely N-dealkylation sites (tertiary alicyclic amines) is 1. The molecular weight excluding hydrogens is 576 g/mol. The number of hydrogen-bond donors (Lipinski definition) is 5. The molecule has 1 atom stereocenters. The number of hydrogen-bond acceptors (Lipinski definition) is 8. The van der Waals surface area contributed by atoms with Gasteiger partial charge >= 0.3 is 0 Å². The number of thioether (sulfide) groups is 1. The molecule has 0 amide bonds. The maximum atomic E-state index is 13.0. The van der Waals surface area contributed by atoms with Crippen molar-refractivity contribution < 1.29 is 14.9 Å². The number of ether oxygens (including phenoxy) is 1. The first-order valence-corrected chi connectivity index (χ1v) is 16.5. The highest BCUT2D eigenvalue weighted by atomic mass is 32.2. The largest absolute Gasteiger partial charge is 0.494 e. The van der Waals surface area contributed by atoms with Crippen molar-refractivity contribution in [1.82, 2.24) is 24.4 Å². The zero-order valence-electron chi connectivity index (χ0n) is 25.4. The molecule has 1 aliphatic rings. The van der Waals surface area contributed by atoms with Gasteiger partial charge in [0.05, 0.1) is 16.7 Å². The first-order valence-electron chi connectivity index (χ1n) is 15.1. The lowest BCUT2D eigenvalue weighted by Crippen LogP contribution is -2.35. The summed E-state index contributed by atoms with van der Waals surface area (Å²) in [5.41, 5.74) is 4.17. The number of aromatic nitrogens is 4. The molecule has 2 aromatic carbocycles. The van der Waals surface area contributed by atoms with Crippen molar-refractivity contribution in [2.45, 2.75) is 38.8 Å². The predicted octanol–water partition coefficient (Wildman–Crippen LogP) is 5.05. The molecular formula is C33H40N6O4S. The number of pyridine rings is 1. The van der Waals surface area contributed by atoms with Crippen molar-refractivity contribution in [3.05, 3.63) is 70.3 Å². The summed E-state index contributed by atoms with van der Waals surface area (Å²) in [7, 11) is 0. The third kappa shape index (κ3) is 6.31. The number of rotatable bonds is 11. The molecule has 5 aromatic rings. The Morgan fingerprint density at radius 3 is 2.77 bits per heavy atom. The van der Waals surface area contributed by atoms with E-state index in [4.69, 9.17) is 9.72 Å². The van der Waals surface area contributed by atoms with E-state index in [2.05, 4.69) is 26.4 Å². The topological polar surface area (TPSA) is 131 Å². The van der Waals surface area contributed by atoms with Gasteiger partial charge in [0.25, 0.3) is 5.56 Å². The fraction of sp³-hybridized carbons (Fsp3) is 0.394. The van der Waals surface area contributed by atoms with Gasteiger partial charge < -0.3 is 39.7 Å². The smallest absolute Gasteiger partial charge is 0.261 e. The normalized spacial score (nSPS) is 15.3. The monoisotopic (exact) mass is 616 g/mol. The van der Waals surface area contributed by atoms with Crippen molar-refractivity contribution in [2.24, 2.45) is 0 Å². The molecule has 232 valence electrons. The maximum Gasteiger partial charge on any atom is 0.261 e. The van der Waals surface area contributed by atoms with Crippen LogP contribution in [-0.4, -0.2) is 85.5 Å². The van der Waals surface area contributed by atoms with Crippen LogP contribution in [0.5, 0.6) is 11.6 Å². The second-order valence-corrected chi connectivity index (χ2v) is 12.7. The van der Waals surface area contributed by atoms with Gasteiger partial charge in [-0.15, -0.1) is 0 Å². The lowest BCUT2D eigenvalue weighted by Gasteiger charge is -2.32. The Kier molecular flexibility index (Phi) is 8.88. The second-order valence-electron chi connectivity index (χ2n) is 11.7. The molecule has 0 unspecified atom stereocenters. The molecule has 1 fully saturated rings. The molecule has 5 N–H and O–H groups in total. The van der Waals surface area contributed by atoms with E-state index in [1.807, 2.05) is 66.7 Å². The number of nitrogens with zero attached hydrogens (tertiary/aromatic N) is 3. The average Bonchev–Trinajstić information content (AvgIpc) is 3.57. The van der Waals surface area contributed by atoms with Gasteiger partial charge in [-0.3, -0.25) is 4.79 Å². The summed E-state index contributed by atoms with van der Waals surface area (Å²) in [5, 5.41) is 26.7. The van der Waals surface area contributed by atoms with Gasteiger partial charge in [0.2, 0.25) is 0 Å². The van der Waals surface area contributed by atoms with Crippen LogP contribution in [0, 0.1) is 13.8 Å². The number of aliphatic hydroxyl groups excluding tert-OH is 1. The summed E-state index contributed by atoms with van der Waals surface area (Å²) >= 11 is 1.87. The summed E-state index contributed by atoms with van der Waals surface area (Å²) in [5.74, 6) is 2.53. The molecule has 0 spiro atoms. The molecule has 6 rings (SSSR count). The molecule has 1 aliphatic heterocycles. The number of anilines is 1. The number of aliphatic hydroxyl groups is 1. The highest BCUT2D eigenvalue weighted by Crippen LogP contribution is 2.36. The van der Waals surface area contributed by atoms with Crippen LogP contribution in [0.3, 0.4) is 0 Å². The first-order chi connectivity index (χ1) is 21.3. The fourth-order valence-corrected chi connectivity index (χ4v) is 6.50. The highest BCUT2D eigenvalue weighted by molar-refractivity contribution is 7.98. The number of benzene rings is 2. The molecule has 1 saturated heterocycles. The standard InChI is InChI=1S/C33H40N6O4S/c1-20-4-5-29(21(2)14-20)43-19-24(40)17-35-26-6-9-34-32(41)30(26)31-36-27-15-22-18-39(33(42)25(22)16-28(27)37-31)23-7-10-38(11-8-23)12-13-44-3/h4-6,9,14-16,18,23-24,40,42H,7-8,10-13,17,19H2,1-3H3,(H,36,37)(H2,34,35,41)/t24-/m1/s1. The average molecular weight is 617 g/mol. The van der Waals surface area contributed by atoms with Gasteiger partial charge in [-0.2, -0.15) is 11.8 Å². The van der Waals surface area contributed by atoms with Crippen LogP contribution in [0.25, 0.3) is 33.2 Å². The van der Waals surface area contributed by atoms with Crippen LogP contribution in [0.15, 0.2) is 53.6 Å². The number of H-pyrrole nitrogens is 2. The summed E-state index contributed by atoms with van der Waals surface area (Å²) in [6, 6.07) is 11.8. The lowest BCUT2D eigenvalue weighted by molar-refractivity contribution is 0.117. The van der Waals surface area contributed by atoms with Crippen molar-refractivity contribution in [3.8, 4) is 23.0 Å². The van der Waals surface area contributed by atoms with Gasteiger partial charge in [-0.1, -0.05) is 17.7 Å². The number of piperidine rings is 1. The zero-order chi connectivity index (χ0) is 30.8. The molecule has 0 aliphatic carbocycles. The van der Waals surface area contributed by atoms with Crippen molar-refractivity contribution >= 4 is 39.3 Å². The number of imidazole rings is 1. The molecule has 0 radical (unpaired) electrons. The van der Waals surface area contributed by atoms with Gasteiger partial charge in [-0.25, -0.2) is 4.98 Å². The minimum absolute atomic E-state index is 0.107. The summed E-state index contributed by atoms with van der Waals surface area (Å²) in [6.45, 7) is 7.46. The summed E-state index contributed by atoms with van der Waals surface area (Å²) in [4.78, 5) is 26.3. The molecule has 11 heteroatoms. The van der Waals surface area contributed by atoms with E-state index in [0.29, 0.717) is 22.6 Å². The van der Waals surface area contributed by atoms with Crippen LogP contribution in [0.1, 0.15) is 30.0 Å². The van der Waals surface area contributed by atoms with Gasteiger partial charge in [-0.05, 0) is 62.8 Å². The Morgan fingerprint density at radius 2 is 2.00 bits per heavy atom. The number of aryl methyl sites for hydroxylation is 2. The van der Waals surface area contributed by atoms with Gasteiger partial charge in [0.15, 0.2) is 5.88 Å². The molecule has 10 nitrogen and oxygen atoms in total.